The van der Waals surface area contributed by atoms with E-state index >= 15 is 0 Å². The summed E-state index contributed by atoms with van der Waals surface area (Å²) in [6.07, 6.45) is 1.96. The third-order valence-electron chi connectivity index (χ3n) is 2.57. The van der Waals surface area contributed by atoms with Crippen molar-refractivity contribution in [1.82, 2.24) is 4.57 Å². The molecule has 84 valence electrons. The maximum Gasteiger partial charge on any atom is 0.0596 e. The van der Waals surface area contributed by atoms with Crippen LogP contribution in [0.4, 0.5) is 0 Å². The lowest BCUT2D eigenvalue weighted by Crippen LogP contribution is -2.10. The van der Waals surface area contributed by atoms with Crippen LogP contribution in [0.1, 0.15) is 26.5 Å². The van der Waals surface area contributed by atoms with Crippen LogP contribution < -0.4 is 0 Å². The van der Waals surface area contributed by atoms with Crippen molar-refractivity contribution >= 4 is 17.1 Å². The lowest BCUT2D eigenvalue weighted by molar-refractivity contribution is 0.586. The van der Waals surface area contributed by atoms with Gasteiger partial charge in [0.05, 0.1) is 11.2 Å². The minimum atomic E-state index is -0.0174. The molecule has 0 spiro atoms. The van der Waals surface area contributed by atoms with Crippen LogP contribution in [0.25, 0.3) is 10.9 Å². The Bertz CT molecular complexity index is 527. The standard InChI is InChI=1S/C14H18N2/c1-14(2,3)15-10-12-9-11-7-5-6-8-13(11)16(12)4/h5-10H,1-4H3. The van der Waals surface area contributed by atoms with Crippen molar-refractivity contribution in [3.63, 3.8) is 0 Å². The lowest BCUT2D eigenvalue weighted by atomic mass is 10.1. The van der Waals surface area contributed by atoms with Gasteiger partial charge < -0.3 is 4.57 Å². The van der Waals surface area contributed by atoms with Crippen LogP contribution in [0.15, 0.2) is 35.3 Å². The first-order valence-corrected chi connectivity index (χ1v) is 5.57. The number of nitrogens with zero attached hydrogens (tertiary/aromatic N) is 2. The molecule has 0 aliphatic rings. The largest absolute Gasteiger partial charge is 0.343 e. The molecule has 0 saturated heterocycles. The van der Waals surface area contributed by atoms with E-state index < -0.39 is 0 Å². The van der Waals surface area contributed by atoms with Gasteiger partial charge in [-0.15, -0.1) is 0 Å². The second-order valence-electron chi connectivity index (χ2n) is 5.12. The number of hydrogen-bond donors (Lipinski definition) is 0. The highest BCUT2D eigenvalue weighted by atomic mass is 15.0. The molecule has 0 fully saturated rings. The smallest absolute Gasteiger partial charge is 0.0596 e. The van der Waals surface area contributed by atoms with Gasteiger partial charge in [0, 0.05) is 24.2 Å². The Kier molecular flexibility index (Phi) is 2.58. The first kappa shape index (κ1) is 10.9. The Labute approximate surface area is 96.6 Å². The number of aryl methyl sites for hydroxylation is 1. The molecule has 1 heterocycles. The van der Waals surface area contributed by atoms with E-state index in [1.165, 1.54) is 10.9 Å². The van der Waals surface area contributed by atoms with Crippen LogP contribution in [0.3, 0.4) is 0 Å². The summed E-state index contributed by atoms with van der Waals surface area (Å²) in [6.45, 7) is 6.31. The SMILES string of the molecule is Cn1c(C=NC(C)(C)C)cc2ccccc21. The zero-order chi connectivity index (χ0) is 11.8. The lowest BCUT2D eigenvalue weighted by Gasteiger charge is -2.10. The highest BCUT2D eigenvalue weighted by Gasteiger charge is 2.07. The Hall–Kier alpha value is -1.57. The molecule has 0 saturated carbocycles. The Morgan fingerprint density at radius 2 is 1.88 bits per heavy atom. The van der Waals surface area contributed by atoms with Crippen molar-refractivity contribution in [3.05, 3.63) is 36.0 Å². The molecule has 0 N–H and O–H groups in total. The molecule has 2 aromatic rings. The van der Waals surface area contributed by atoms with E-state index in [0.29, 0.717) is 0 Å². The first-order valence-electron chi connectivity index (χ1n) is 5.57. The van der Waals surface area contributed by atoms with Gasteiger partial charge in [0.1, 0.15) is 0 Å². The van der Waals surface area contributed by atoms with Crippen LogP contribution in [0.5, 0.6) is 0 Å². The number of benzene rings is 1. The Balaban J connectivity index is 2.46. The highest BCUT2D eigenvalue weighted by Crippen LogP contribution is 2.17. The molecule has 0 unspecified atom stereocenters. The van der Waals surface area contributed by atoms with E-state index in [9.17, 15) is 0 Å². The summed E-state index contributed by atoms with van der Waals surface area (Å²) < 4.78 is 2.17. The van der Waals surface area contributed by atoms with Gasteiger partial charge in [0.15, 0.2) is 0 Å². The van der Waals surface area contributed by atoms with Gasteiger partial charge in [0.2, 0.25) is 0 Å². The third kappa shape index (κ3) is 2.16. The topological polar surface area (TPSA) is 17.3 Å². The van der Waals surface area contributed by atoms with Crippen molar-refractivity contribution < 1.29 is 0 Å². The molecule has 2 rings (SSSR count). The van der Waals surface area contributed by atoms with Gasteiger partial charge in [-0.1, -0.05) is 18.2 Å². The van der Waals surface area contributed by atoms with E-state index in [4.69, 9.17) is 0 Å². The predicted molar refractivity (Wildman–Crippen MR) is 70.3 cm³/mol. The van der Waals surface area contributed by atoms with Gasteiger partial charge >= 0.3 is 0 Å². The van der Waals surface area contributed by atoms with Crippen molar-refractivity contribution in [2.24, 2.45) is 12.0 Å². The second-order valence-corrected chi connectivity index (χ2v) is 5.12. The number of rotatable bonds is 1. The minimum absolute atomic E-state index is 0.0174. The van der Waals surface area contributed by atoms with Crippen molar-refractivity contribution in [2.45, 2.75) is 26.3 Å². The summed E-state index contributed by atoms with van der Waals surface area (Å²) in [5.74, 6) is 0. The normalized spacial score (nSPS) is 12.8. The zero-order valence-electron chi connectivity index (χ0n) is 10.4. The maximum absolute atomic E-state index is 4.54. The number of hydrogen-bond acceptors (Lipinski definition) is 1. The molecule has 1 aromatic carbocycles. The van der Waals surface area contributed by atoms with Crippen LogP contribution >= 0.6 is 0 Å². The molecule has 2 nitrogen and oxygen atoms in total. The predicted octanol–water partition coefficient (Wildman–Crippen LogP) is 3.40. The summed E-state index contributed by atoms with van der Waals surface area (Å²) in [4.78, 5) is 4.54. The van der Waals surface area contributed by atoms with Gasteiger partial charge in [0.25, 0.3) is 0 Å². The molecule has 1 aromatic heterocycles. The fraction of sp³-hybridized carbons (Fsp3) is 0.357. The summed E-state index contributed by atoms with van der Waals surface area (Å²) in [7, 11) is 2.08. The van der Waals surface area contributed by atoms with Gasteiger partial charge in [-0.2, -0.15) is 0 Å². The molecule has 0 atom stereocenters. The van der Waals surface area contributed by atoms with Crippen LogP contribution in [-0.4, -0.2) is 16.3 Å². The number of aromatic nitrogens is 1. The summed E-state index contributed by atoms with van der Waals surface area (Å²) >= 11 is 0. The summed E-state index contributed by atoms with van der Waals surface area (Å²) in [6, 6.07) is 10.6. The van der Waals surface area contributed by atoms with Crippen molar-refractivity contribution in [1.29, 1.82) is 0 Å². The first-order chi connectivity index (χ1) is 7.47. The van der Waals surface area contributed by atoms with Gasteiger partial charge in [-0.3, -0.25) is 4.99 Å². The number of fused-ring (bicyclic) bond motifs is 1. The van der Waals surface area contributed by atoms with Crippen LogP contribution in [0.2, 0.25) is 0 Å². The monoisotopic (exact) mass is 214 g/mol. The van der Waals surface area contributed by atoms with E-state index in [2.05, 4.69) is 67.7 Å². The highest BCUT2D eigenvalue weighted by molar-refractivity contribution is 5.90. The molecule has 0 aliphatic carbocycles. The molecular formula is C14H18N2. The fourth-order valence-electron chi connectivity index (χ4n) is 1.69. The molecule has 16 heavy (non-hydrogen) atoms. The van der Waals surface area contributed by atoms with Crippen LogP contribution in [-0.2, 0) is 7.05 Å². The van der Waals surface area contributed by atoms with E-state index in [0.717, 1.165) is 5.69 Å². The Morgan fingerprint density at radius 3 is 2.50 bits per heavy atom. The maximum atomic E-state index is 4.54. The third-order valence-corrected chi connectivity index (χ3v) is 2.57. The zero-order valence-corrected chi connectivity index (χ0v) is 10.4. The van der Waals surface area contributed by atoms with E-state index in [1.54, 1.807) is 0 Å². The second kappa shape index (κ2) is 3.78. The summed E-state index contributed by atoms with van der Waals surface area (Å²) in [5, 5.41) is 1.26. The quantitative estimate of drug-likeness (QED) is 0.647. The molecular weight excluding hydrogens is 196 g/mol. The number of para-hydroxylation sites is 1. The van der Waals surface area contributed by atoms with Crippen molar-refractivity contribution in [3.8, 4) is 0 Å². The van der Waals surface area contributed by atoms with Gasteiger partial charge in [-0.05, 0) is 32.9 Å². The molecule has 0 bridgehead atoms. The molecule has 0 radical (unpaired) electrons. The number of aliphatic imine (C=N–C) groups is 1. The molecule has 2 heteroatoms. The average Bonchev–Trinajstić information content (AvgIpc) is 2.53. The van der Waals surface area contributed by atoms with Crippen LogP contribution in [0, 0.1) is 0 Å². The van der Waals surface area contributed by atoms with E-state index in [-0.39, 0.29) is 5.54 Å². The van der Waals surface area contributed by atoms with Crippen molar-refractivity contribution in [2.75, 3.05) is 0 Å². The van der Waals surface area contributed by atoms with Gasteiger partial charge in [-0.25, -0.2) is 0 Å². The molecule has 0 aliphatic heterocycles. The average molecular weight is 214 g/mol. The fourth-order valence-corrected chi connectivity index (χ4v) is 1.69. The van der Waals surface area contributed by atoms with E-state index in [1.807, 2.05) is 6.21 Å². The molecule has 0 amide bonds. The Morgan fingerprint density at radius 1 is 1.19 bits per heavy atom. The minimum Gasteiger partial charge on any atom is -0.343 e. The summed E-state index contributed by atoms with van der Waals surface area (Å²) in [5.41, 5.74) is 2.38.